The van der Waals surface area contributed by atoms with E-state index in [9.17, 15) is 14.4 Å². The fraction of sp³-hybridized carbons (Fsp3) is 0.345. The first-order valence-electron chi connectivity index (χ1n) is 12.8. The van der Waals surface area contributed by atoms with Crippen LogP contribution in [0.25, 0.3) is 0 Å². The van der Waals surface area contributed by atoms with Crippen LogP contribution >= 0.6 is 0 Å². The molecule has 0 radical (unpaired) electrons. The summed E-state index contributed by atoms with van der Waals surface area (Å²) in [6, 6.07) is 21.1. The molecule has 8 nitrogen and oxygen atoms in total. The Morgan fingerprint density at radius 1 is 0.973 bits per heavy atom. The summed E-state index contributed by atoms with van der Waals surface area (Å²) in [6.07, 6.45) is 3.49. The Labute approximate surface area is 216 Å². The number of nitrogens with one attached hydrogen (secondary N) is 1. The number of para-hydroxylation sites is 1. The number of furan rings is 1. The Kier molecular flexibility index (Phi) is 6.99. The Hall–Kier alpha value is -4.07. The van der Waals surface area contributed by atoms with Crippen LogP contribution in [0.15, 0.2) is 77.4 Å². The molecule has 3 aromatic rings. The van der Waals surface area contributed by atoms with Gasteiger partial charge in [0.25, 0.3) is 11.8 Å². The smallest absolute Gasteiger partial charge is 0.253 e. The summed E-state index contributed by atoms with van der Waals surface area (Å²) in [6.45, 7) is 3.60. The van der Waals surface area contributed by atoms with Gasteiger partial charge in [-0.15, -0.1) is 0 Å². The van der Waals surface area contributed by atoms with Crippen molar-refractivity contribution in [2.24, 2.45) is 0 Å². The number of anilines is 1. The molecule has 0 bridgehead atoms. The molecule has 3 heterocycles. The average Bonchev–Trinajstić information content (AvgIpc) is 3.56. The summed E-state index contributed by atoms with van der Waals surface area (Å²) in [5, 5.41) is 2.83. The Bertz CT molecular complexity index is 1230. The predicted octanol–water partition coefficient (Wildman–Crippen LogP) is 3.44. The van der Waals surface area contributed by atoms with Gasteiger partial charge in [0.15, 0.2) is 0 Å². The molecule has 0 saturated carbocycles. The lowest BCUT2D eigenvalue weighted by atomic mass is 9.85. The molecule has 8 heteroatoms. The van der Waals surface area contributed by atoms with Gasteiger partial charge in [-0.05, 0) is 61.2 Å². The van der Waals surface area contributed by atoms with Crippen LogP contribution in [-0.4, -0.2) is 59.4 Å². The maximum Gasteiger partial charge on any atom is 0.253 e. The lowest BCUT2D eigenvalue weighted by Crippen LogP contribution is -2.57. The highest BCUT2D eigenvalue weighted by Crippen LogP contribution is 2.39. The summed E-state index contributed by atoms with van der Waals surface area (Å²) < 4.78 is 5.28. The van der Waals surface area contributed by atoms with Crippen molar-refractivity contribution in [3.05, 3.63) is 89.9 Å². The van der Waals surface area contributed by atoms with Crippen molar-refractivity contribution >= 4 is 23.4 Å². The number of carbonyl (C=O) groups excluding carboxylic acids is 3. The summed E-state index contributed by atoms with van der Waals surface area (Å²) in [4.78, 5) is 45.2. The lowest BCUT2D eigenvalue weighted by molar-refractivity contribution is -0.137. The zero-order valence-corrected chi connectivity index (χ0v) is 21.1. The van der Waals surface area contributed by atoms with Crippen molar-refractivity contribution in [2.45, 2.75) is 38.3 Å². The number of benzene rings is 2. The van der Waals surface area contributed by atoms with E-state index in [1.165, 1.54) is 5.56 Å². The van der Waals surface area contributed by atoms with Crippen molar-refractivity contribution < 1.29 is 18.8 Å². The minimum absolute atomic E-state index is 0.0108. The number of piperidine rings is 1. The third kappa shape index (κ3) is 4.96. The molecule has 192 valence electrons. The van der Waals surface area contributed by atoms with E-state index in [-0.39, 0.29) is 30.8 Å². The maximum absolute atomic E-state index is 13.8. The van der Waals surface area contributed by atoms with Gasteiger partial charge in [0.2, 0.25) is 5.91 Å². The van der Waals surface area contributed by atoms with E-state index in [2.05, 4.69) is 17.1 Å². The molecule has 1 N–H and O–H groups in total. The molecule has 1 aromatic heterocycles. The fourth-order valence-corrected chi connectivity index (χ4v) is 5.30. The quantitative estimate of drug-likeness (QED) is 0.537. The summed E-state index contributed by atoms with van der Waals surface area (Å²) in [5.74, 6) is 0.343. The van der Waals surface area contributed by atoms with Crippen LogP contribution in [0.4, 0.5) is 5.69 Å². The van der Waals surface area contributed by atoms with Gasteiger partial charge >= 0.3 is 0 Å². The molecule has 5 rings (SSSR count). The SMILES string of the molecule is CCc1ccc(C(=O)N2CCC3(CC2)C(=O)N(CC(=O)NCc2ccco2)CN3c2ccccc2)cc1. The zero-order chi connectivity index (χ0) is 25.8. The molecule has 1 spiro atoms. The Morgan fingerprint density at radius 2 is 1.70 bits per heavy atom. The number of likely N-dealkylation sites (tertiary alicyclic amines) is 1. The standard InChI is InChI=1S/C29H32N4O4/c1-2-22-10-12-23(13-11-22)27(35)31-16-14-29(15-17-31)28(36)32(21-33(29)24-7-4-3-5-8-24)20-26(34)30-19-25-9-6-18-37-25/h3-13,18H,2,14-17,19-21H2,1H3,(H,30,34). The second-order valence-electron chi connectivity index (χ2n) is 9.64. The van der Waals surface area contributed by atoms with E-state index >= 15 is 0 Å². The lowest BCUT2D eigenvalue weighted by Gasteiger charge is -2.43. The molecule has 2 aliphatic heterocycles. The first-order chi connectivity index (χ1) is 18.0. The number of aryl methyl sites for hydroxylation is 1. The van der Waals surface area contributed by atoms with Gasteiger partial charge in [-0.3, -0.25) is 14.4 Å². The molecule has 0 atom stereocenters. The third-order valence-electron chi connectivity index (χ3n) is 7.44. The van der Waals surface area contributed by atoms with Crippen LogP contribution in [-0.2, 0) is 22.6 Å². The van der Waals surface area contributed by atoms with E-state index in [0.29, 0.717) is 43.9 Å². The molecular formula is C29H32N4O4. The van der Waals surface area contributed by atoms with Gasteiger partial charge in [0.1, 0.15) is 17.8 Å². The van der Waals surface area contributed by atoms with E-state index in [4.69, 9.17) is 4.42 Å². The van der Waals surface area contributed by atoms with Gasteiger partial charge < -0.3 is 24.4 Å². The van der Waals surface area contributed by atoms with Crippen molar-refractivity contribution in [1.82, 2.24) is 15.1 Å². The van der Waals surface area contributed by atoms with Crippen LogP contribution in [0.5, 0.6) is 0 Å². The number of carbonyl (C=O) groups is 3. The Balaban J connectivity index is 1.30. The van der Waals surface area contributed by atoms with Crippen LogP contribution in [0.1, 0.15) is 41.4 Å². The third-order valence-corrected chi connectivity index (χ3v) is 7.44. The fourth-order valence-electron chi connectivity index (χ4n) is 5.30. The average molecular weight is 501 g/mol. The summed E-state index contributed by atoms with van der Waals surface area (Å²) >= 11 is 0. The van der Waals surface area contributed by atoms with E-state index in [0.717, 1.165) is 12.1 Å². The summed E-state index contributed by atoms with van der Waals surface area (Å²) in [5.41, 5.74) is 2.01. The summed E-state index contributed by atoms with van der Waals surface area (Å²) in [7, 11) is 0. The van der Waals surface area contributed by atoms with Crippen molar-refractivity contribution in [3.8, 4) is 0 Å². The molecule has 2 aliphatic rings. The number of hydrogen-bond acceptors (Lipinski definition) is 5. The van der Waals surface area contributed by atoms with Crippen molar-refractivity contribution in [2.75, 3.05) is 31.2 Å². The number of hydrogen-bond donors (Lipinski definition) is 1. The highest BCUT2D eigenvalue weighted by Gasteiger charge is 2.54. The molecule has 37 heavy (non-hydrogen) atoms. The molecular weight excluding hydrogens is 468 g/mol. The first-order valence-corrected chi connectivity index (χ1v) is 12.8. The second-order valence-corrected chi connectivity index (χ2v) is 9.64. The van der Waals surface area contributed by atoms with Crippen LogP contribution in [0.2, 0.25) is 0 Å². The minimum atomic E-state index is -0.786. The monoisotopic (exact) mass is 500 g/mol. The van der Waals surface area contributed by atoms with Gasteiger partial charge in [-0.25, -0.2) is 0 Å². The molecule has 2 saturated heterocycles. The largest absolute Gasteiger partial charge is 0.467 e. The van der Waals surface area contributed by atoms with Gasteiger partial charge in [-0.1, -0.05) is 37.3 Å². The molecule has 2 aromatic carbocycles. The highest BCUT2D eigenvalue weighted by molar-refractivity contribution is 5.97. The number of amides is 3. The molecule has 0 aliphatic carbocycles. The Morgan fingerprint density at radius 3 is 2.35 bits per heavy atom. The predicted molar refractivity (Wildman–Crippen MR) is 140 cm³/mol. The van der Waals surface area contributed by atoms with Crippen LogP contribution < -0.4 is 10.2 Å². The normalized spacial score (nSPS) is 16.9. The van der Waals surface area contributed by atoms with E-state index in [1.54, 1.807) is 23.3 Å². The number of rotatable bonds is 7. The topological polar surface area (TPSA) is 86.1 Å². The number of nitrogens with zero attached hydrogens (tertiary/aromatic N) is 3. The van der Waals surface area contributed by atoms with Crippen LogP contribution in [0, 0.1) is 0 Å². The molecule has 3 amide bonds. The first kappa shape index (κ1) is 24.6. The van der Waals surface area contributed by atoms with E-state index < -0.39 is 5.54 Å². The zero-order valence-electron chi connectivity index (χ0n) is 21.1. The molecule has 2 fully saturated rings. The second kappa shape index (κ2) is 10.5. The van der Waals surface area contributed by atoms with Crippen molar-refractivity contribution in [1.29, 1.82) is 0 Å². The van der Waals surface area contributed by atoms with Crippen LogP contribution in [0.3, 0.4) is 0 Å². The van der Waals surface area contributed by atoms with Gasteiger partial charge in [0.05, 0.1) is 19.5 Å². The van der Waals surface area contributed by atoms with Crippen molar-refractivity contribution in [3.63, 3.8) is 0 Å². The molecule has 0 unspecified atom stereocenters. The highest BCUT2D eigenvalue weighted by atomic mass is 16.3. The van der Waals surface area contributed by atoms with Gasteiger partial charge in [0, 0.05) is 24.3 Å². The van der Waals surface area contributed by atoms with Gasteiger partial charge in [-0.2, -0.15) is 0 Å². The minimum Gasteiger partial charge on any atom is -0.467 e. The maximum atomic E-state index is 13.8. The van der Waals surface area contributed by atoms with E-state index in [1.807, 2.05) is 59.5 Å².